The van der Waals surface area contributed by atoms with Gasteiger partial charge in [0, 0.05) is 13.1 Å². The molecular weight excluding hydrogens is 352 g/mol. The van der Waals surface area contributed by atoms with Crippen LogP contribution in [0, 0.1) is 0 Å². The Bertz CT molecular complexity index is 786. The van der Waals surface area contributed by atoms with E-state index in [4.69, 9.17) is 4.74 Å². The van der Waals surface area contributed by atoms with Crippen LogP contribution in [0.4, 0.5) is 0 Å². The van der Waals surface area contributed by atoms with E-state index >= 15 is 0 Å². The first-order chi connectivity index (χ1) is 12.6. The lowest BCUT2D eigenvalue weighted by molar-refractivity contribution is -0.139. The Hall–Kier alpha value is -2.06. The van der Waals surface area contributed by atoms with E-state index in [2.05, 4.69) is 10.3 Å². The maximum absolute atomic E-state index is 12.5. The number of ether oxygens (including phenoxy) is 1. The molecule has 1 aliphatic rings. The zero-order valence-electron chi connectivity index (χ0n) is 15.1. The average Bonchev–Trinajstić information content (AvgIpc) is 2.99. The molecule has 1 aromatic carbocycles. The Balaban J connectivity index is 1.68. The van der Waals surface area contributed by atoms with Gasteiger partial charge in [-0.05, 0) is 25.3 Å². The van der Waals surface area contributed by atoms with Crippen molar-refractivity contribution in [2.24, 2.45) is 0 Å². The molecule has 26 heavy (non-hydrogen) atoms. The third-order valence-electron chi connectivity index (χ3n) is 4.38. The predicted octanol–water partition coefficient (Wildman–Crippen LogP) is 1.26. The summed E-state index contributed by atoms with van der Waals surface area (Å²) in [4.78, 5) is 31.3. The van der Waals surface area contributed by atoms with Crippen LogP contribution in [0.2, 0.25) is 0 Å². The van der Waals surface area contributed by atoms with E-state index in [1.165, 1.54) is 0 Å². The number of aromatic nitrogens is 2. The summed E-state index contributed by atoms with van der Waals surface area (Å²) in [6.07, 6.45) is 2.01. The SMILES string of the molecule is CSCc1nc2ccccc2n1CC(=O)N[C@H](C)C(=O)N1CCOCC1. The van der Waals surface area contributed by atoms with Crippen LogP contribution in [-0.2, 0) is 26.6 Å². The molecule has 3 rings (SSSR count). The molecule has 0 radical (unpaired) electrons. The zero-order valence-corrected chi connectivity index (χ0v) is 15.9. The molecule has 7 nitrogen and oxygen atoms in total. The number of thioether (sulfide) groups is 1. The van der Waals surface area contributed by atoms with Gasteiger partial charge in [-0.25, -0.2) is 4.98 Å². The van der Waals surface area contributed by atoms with Crippen molar-refractivity contribution >= 4 is 34.6 Å². The van der Waals surface area contributed by atoms with Crippen molar-refractivity contribution in [2.45, 2.75) is 25.3 Å². The van der Waals surface area contributed by atoms with Crippen molar-refractivity contribution in [3.8, 4) is 0 Å². The highest BCUT2D eigenvalue weighted by atomic mass is 32.2. The molecule has 2 aromatic rings. The Morgan fingerprint density at radius 3 is 2.77 bits per heavy atom. The van der Waals surface area contributed by atoms with Gasteiger partial charge >= 0.3 is 0 Å². The Morgan fingerprint density at radius 2 is 2.04 bits per heavy atom. The number of imidazole rings is 1. The summed E-state index contributed by atoms with van der Waals surface area (Å²) < 4.78 is 7.19. The van der Waals surface area contributed by atoms with Crippen LogP contribution in [0.1, 0.15) is 12.7 Å². The van der Waals surface area contributed by atoms with Crippen LogP contribution in [0.5, 0.6) is 0 Å². The molecule has 2 heterocycles. The number of fused-ring (bicyclic) bond motifs is 1. The van der Waals surface area contributed by atoms with Gasteiger partial charge in [-0.3, -0.25) is 9.59 Å². The molecule has 1 N–H and O–H groups in total. The second kappa shape index (κ2) is 8.55. The third-order valence-corrected chi connectivity index (χ3v) is 4.93. The fourth-order valence-corrected chi connectivity index (χ4v) is 3.57. The van der Waals surface area contributed by atoms with Crippen molar-refractivity contribution in [1.29, 1.82) is 0 Å². The summed E-state index contributed by atoms with van der Waals surface area (Å²) in [7, 11) is 0. The van der Waals surface area contributed by atoms with Crippen LogP contribution < -0.4 is 5.32 Å². The standard InChI is InChI=1S/C18H24N4O3S/c1-13(18(24)21-7-9-25-10-8-21)19-17(23)11-22-15-6-4-3-5-14(15)20-16(22)12-26-2/h3-6,13H,7-12H2,1-2H3,(H,19,23)/t13-/m1/s1. The molecule has 1 atom stereocenters. The monoisotopic (exact) mass is 376 g/mol. The highest BCUT2D eigenvalue weighted by Crippen LogP contribution is 2.18. The van der Waals surface area contributed by atoms with Crippen LogP contribution >= 0.6 is 11.8 Å². The van der Waals surface area contributed by atoms with E-state index in [0.717, 1.165) is 22.6 Å². The van der Waals surface area contributed by atoms with Gasteiger partial charge < -0.3 is 19.5 Å². The summed E-state index contributed by atoms with van der Waals surface area (Å²) >= 11 is 1.66. The van der Waals surface area contributed by atoms with Gasteiger partial charge in [-0.1, -0.05) is 12.1 Å². The zero-order chi connectivity index (χ0) is 18.5. The normalized spacial score (nSPS) is 15.8. The lowest BCUT2D eigenvalue weighted by Crippen LogP contribution is -2.51. The number of carbonyl (C=O) groups excluding carboxylic acids is 2. The van der Waals surface area contributed by atoms with Crippen molar-refractivity contribution in [1.82, 2.24) is 19.8 Å². The Kier molecular flexibility index (Phi) is 6.16. The van der Waals surface area contributed by atoms with E-state index in [9.17, 15) is 9.59 Å². The lowest BCUT2D eigenvalue weighted by Gasteiger charge is -2.29. The number of amides is 2. The number of para-hydroxylation sites is 2. The topological polar surface area (TPSA) is 76.5 Å². The molecule has 0 unspecified atom stereocenters. The first-order valence-electron chi connectivity index (χ1n) is 8.69. The van der Waals surface area contributed by atoms with Crippen LogP contribution in [0.3, 0.4) is 0 Å². The second-order valence-corrected chi connectivity index (χ2v) is 7.13. The highest BCUT2D eigenvalue weighted by Gasteiger charge is 2.24. The molecule has 140 valence electrons. The number of hydrogen-bond acceptors (Lipinski definition) is 5. The Labute approximate surface area is 157 Å². The molecule has 1 aliphatic heterocycles. The molecule has 1 aromatic heterocycles. The predicted molar refractivity (Wildman–Crippen MR) is 102 cm³/mol. The minimum Gasteiger partial charge on any atom is -0.378 e. The molecule has 0 aliphatic carbocycles. The fourth-order valence-electron chi connectivity index (χ4n) is 3.09. The van der Waals surface area contributed by atoms with E-state index < -0.39 is 6.04 Å². The first-order valence-corrected chi connectivity index (χ1v) is 10.1. The first kappa shape index (κ1) is 18.7. The number of benzene rings is 1. The van der Waals surface area contributed by atoms with Crippen molar-refractivity contribution in [3.63, 3.8) is 0 Å². The second-order valence-electron chi connectivity index (χ2n) is 6.26. The summed E-state index contributed by atoms with van der Waals surface area (Å²) in [5, 5.41) is 2.82. The number of nitrogens with one attached hydrogen (secondary N) is 1. The van der Waals surface area contributed by atoms with E-state index in [1.54, 1.807) is 23.6 Å². The number of rotatable bonds is 6. The number of nitrogens with zero attached hydrogens (tertiary/aromatic N) is 3. The number of carbonyl (C=O) groups is 2. The molecular formula is C18H24N4O3S. The van der Waals surface area contributed by atoms with Gasteiger partial charge in [0.15, 0.2) is 0 Å². The lowest BCUT2D eigenvalue weighted by atomic mass is 10.2. The van der Waals surface area contributed by atoms with Gasteiger partial charge in [0.25, 0.3) is 0 Å². The largest absolute Gasteiger partial charge is 0.378 e. The number of hydrogen-bond donors (Lipinski definition) is 1. The molecule has 8 heteroatoms. The molecule has 1 saturated heterocycles. The van der Waals surface area contributed by atoms with Crippen molar-refractivity contribution < 1.29 is 14.3 Å². The molecule has 2 amide bonds. The van der Waals surface area contributed by atoms with Crippen LogP contribution in [0.15, 0.2) is 24.3 Å². The molecule has 0 bridgehead atoms. The smallest absolute Gasteiger partial charge is 0.245 e. The van der Waals surface area contributed by atoms with Gasteiger partial charge in [0.1, 0.15) is 18.4 Å². The minimum atomic E-state index is -0.556. The van der Waals surface area contributed by atoms with Crippen molar-refractivity contribution in [3.05, 3.63) is 30.1 Å². The van der Waals surface area contributed by atoms with E-state index in [-0.39, 0.29) is 18.4 Å². The minimum absolute atomic E-state index is 0.0681. The molecule has 0 spiro atoms. The van der Waals surface area contributed by atoms with E-state index in [0.29, 0.717) is 26.3 Å². The van der Waals surface area contributed by atoms with Crippen LogP contribution in [0.25, 0.3) is 11.0 Å². The van der Waals surface area contributed by atoms with Gasteiger partial charge in [-0.2, -0.15) is 11.8 Å². The Morgan fingerprint density at radius 1 is 1.31 bits per heavy atom. The summed E-state index contributed by atoms with van der Waals surface area (Å²) in [6, 6.07) is 7.22. The maximum atomic E-state index is 12.5. The summed E-state index contributed by atoms with van der Waals surface area (Å²) in [5.41, 5.74) is 1.81. The maximum Gasteiger partial charge on any atom is 0.245 e. The summed E-state index contributed by atoms with van der Waals surface area (Å²) in [6.45, 7) is 4.12. The van der Waals surface area contributed by atoms with E-state index in [1.807, 2.05) is 35.1 Å². The average molecular weight is 376 g/mol. The highest BCUT2D eigenvalue weighted by molar-refractivity contribution is 7.97. The summed E-state index contributed by atoms with van der Waals surface area (Å²) in [5.74, 6) is 1.33. The quantitative estimate of drug-likeness (QED) is 0.821. The van der Waals surface area contributed by atoms with Gasteiger partial charge in [-0.15, -0.1) is 0 Å². The number of morpholine rings is 1. The molecule has 1 fully saturated rings. The van der Waals surface area contributed by atoms with Crippen LogP contribution in [-0.4, -0.2) is 64.9 Å². The molecule has 0 saturated carbocycles. The van der Waals surface area contributed by atoms with Crippen molar-refractivity contribution in [2.75, 3.05) is 32.6 Å². The third kappa shape index (κ3) is 4.19. The van der Waals surface area contributed by atoms with Gasteiger partial charge in [0.2, 0.25) is 11.8 Å². The van der Waals surface area contributed by atoms with Gasteiger partial charge in [0.05, 0.1) is 30.0 Å². The fraction of sp³-hybridized carbons (Fsp3) is 0.500.